The molecule has 1 atom stereocenters. The van der Waals surface area contributed by atoms with E-state index >= 15 is 0 Å². The summed E-state index contributed by atoms with van der Waals surface area (Å²) in [7, 11) is 0. The summed E-state index contributed by atoms with van der Waals surface area (Å²) in [4.78, 5) is 21.9. The average molecular weight is 276 g/mol. The zero-order valence-corrected chi connectivity index (χ0v) is 12.1. The van der Waals surface area contributed by atoms with Gasteiger partial charge in [-0.2, -0.15) is 0 Å². The third-order valence-corrected chi connectivity index (χ3v) is 2.71. The number of hydrogen-bond donors (Lipinski definition) is 0. The van der Waals surface area contributed by atoms with Crippen LogP contribution in [0.5, 0.6) is 0 Å². The Labute approximate surface area is 119 Å². The molecule has 1 aromatic carbocycles. The minimum absolute atomic E-state index is 0.239. The van der Waals surface area contributed by atoms with E-state index in [4.69, 9.17) is 9.47 Å². The van der Waals surface area contributed by atoms with Crippen molar-refractivity contribution < 1.29 is 19.1 Å². The van der Waals surface area contributed by atoms with Crippen molar-refractivity contribution in [3.8, 4) is 0 Å². The number of rotatable bonds is 6. The van der Waals surface area contributed by atoms with E-state index in [1.54, 1.807) is 0 Å². The molecule has 0 radical (unpaired) electrons. The van der Waals surface area contributed by atoms with Crippen molar-refractivity contribution in [1.29, 1.82) is 0 Å². The van der Waals surface area contributed by atoms with Crippen molar-refractivity contribution in [3.63, 3.8) is 0 Å². The van der Waals surface area contributed by atoms with Gasteiger partial charge in [0.15, 0.2) is 0 Å². The van der Waals surface area contributed by atoms with Crippen molar-refractivity contribution in [3.05, 3.63) is 47.5 Å². The molecule has 0 aliphatic rings. The number of esters is 2. The number of carbonyl (C=O) groups is 2. The third-order valence-electron chi connectivity index (χ3n) is 2.71. The molecule has 0 fully saturated rings. The zero-order chi connectivity index (χ0) is 15.0. The monoisotopic (exact) mass is 276 g/mol. The maximum absolute atomic E-state index is 11.2. The largest absolute Gasteiger partial charge is 0.462 e. The summed E-state index contributed by atoms with van der Waals surface area (Å²) in [5.74, 6) is -0.625. The highest BCUT2D eigenvalue weighted by Gasteiger charge is 2.14. The number of hydrogen-bond acceptors (Lipinski definition) is 4. The van der Waals surface area contributed by atoms with E-state index in [1.807, 2.05) is 43.3 Å². The van der Waals surface area contributed by atoms with E-state index in [9.17, 15) is 9.59 Å². The van der Waals surface area contributed by atoms with Gasteiger partial charge in [-0.05, 0) is 18.6 Å². The van der Waals surface area contributed by atoms with Crippen LogP contribution in [-0.4, -0.2) is 18.5 Å². The van der Waals surface area contributed by atoms with Crippen LogP contribution in [0.25, 0.3) is 0 Å². The second kappa shape index (κ2) is 8.15. The highest BCUT2D eigenvalue weighted by Crippen LogP contribution is 2.24. The van der Waals surface area contributed by atoms with Gasteiger partial charge in [-0.25, -0.2) is 0 Å². The lowest BCUT2D eigenvalue weighted by molar-refractivity contribution is -0.146. The Morgan fingerprint density at radius 1 is 1.10 bits per heavy atom. The molecule has 0 bridgehead atoms. The lowest BCUT2D eigenvalue weighted by Gasteiger charge is -2.17. The first-order chi connectivity index (χ1) is 9.49. The lowest BCUT2D eigenvalue weighted by Crippen LogP contribution is -2.09. The first-order valence-electron chi connectivity index (χ1n) is 6.50. The Bertz CT molecular complexity index is 477. The molecule has 108 valence electrons. The Morgan fingerprint density at radius 2 is 1.75 bits per heavy atom. The molecule has 4 heteroatoms. The molecule has 0 aliphatic heterocycles. The molecule has 0 spiro atoms. The van der Waals surface area contributed by atoms with Crippen molar-refractivity contribution in [2.45, 2.75) is 33.3 Å². The summed E-state index contributed by atoms with van der Waals surface area (Å²) >= 11 is 0. The summed E-state index contributed by atoms with van der Waals surface area (Å²) in [5, 5.41) is 0. The highest BCUT2D eigenvalue weighted by molar-refractivity contribution is 5.66. The number of benzene rings is 1. The molecule has 0 amide bonds. The minimum atomic E-state index is -0.317. The van der Waals surface area contributed by atoms with Crippen LogP contribution in [0.1, 0.15) is 38.9 Å². The van der Waals surface area contributed by atoms with Crippen LogP contribution in [0.3, 0.4) is 0 Å². The Morgan fingerprint density at radius 3 is 2.30 bits per heavy atom. The van der Waals surface area contributed by atoms with Gasteiger partial charge in [0.2, 0.25) is 0 Å². The predicted octanol–water partition coefficient (Wildman–Crippen LogP) is 3.19. The smallest absolute Gasteiger partial charge is 0.303 e. The van der Waals surface area contributed by atoms with Crippen LogP contribution in [-0.2, 0) is 19.1 Å². The molecule has 0 aliphatic carbocycles. The first kappa shape index (κ1) is 16.0. The van der Waals surface area contributed by atoms with Crippen LogP contribution in [0.2, 0.25) is 0 Å². The Kier molecular flexibility index (Phi) is 6.50. The molecule has 1 aromatic rings. The summed E-state index contributed by atoms with van der Waals surface area (Å²) in [6, 6.07) is 9.57. The van der Waals surface area contributed by atoms with E-state index in [2.05, 4.69) is 0 Å². The highest BCUT2D eigenvalue weighted by atomic mass is 16.5. The van der Waals surface area contributed by atoms with Crippen molar-refractivity contribution in [2.24, 2.45) is 0 Å². The van der Waals surface area contributed by atoms with Crippen LogP contribution < -0.4 is 0 Å². The molecule has 0 aromatic heterocycles. The van der Waals surface area contributed by atoms with Crippen molar-refractivity contribution in [2.75, 3.05) is 6.61 Å². The summed E-state index contributed by atoms with van der Waals surface area (Å²) < 4.78 is 10.2. The normalized spacial score (nSPS) is 12.7. The van der Waals surface area contributed by atoms with E-state index < -0.39 is 0 Å². The van der Waals surface area contributed by atoms with E-state index in [1.165, 1.54) is 13.8 Å². The van der Waals surface area contributed by atoms with Gasteiger partial charge in [-0.15, -0.1) is 0 Å². The van der Waals surface area contributed by atoms with Crippen LogP contribution in [0.4, 0.5) is 0 Å². The van der Waals surface area contributed by atoms with Gasteiger partial charge >= 0.3 is 11.9 Å². The maximum atomic E-state index is 11.2. The molecule has 0 heterocycles. The summed E-state index contributed by atoms with van der Waals surface area (Å²) in [6.07, 6.45) is 2.08. The van der Waals surface area contributed by atoms with Gasteiger partial charge in [0.1, 0.15) is 12.7 Å². The molecule has 0 N–H and O–H groups in total. The first-order valence-corrected chi connectivity index (χ1v) is 6.50. The summed E-state index contributed by atoms with van der Waals surface area (Å²) in [5.41, 5.74) is 1.95. The fraction of sp³-hybridized carbons (Fsp3) is 0.375. The fourth-order valence-electron chi connectivity index (χ4n) is 1.77. The molecule has 20 heavy (non-hydrogen) atoms. The van der Waals surface area contributed by atoms with Gasteiger partial charge in [0.25, 0.3) is 0 Å². The minimum Gasteiger partial charge on any atom is -0.462 e. The standard InChI is InChI=1S/C16H20O4/c1-12(9-10-19-13(2)17)11-16(20-14(3)18)15-7-5-4-6-8-15/h4-9,16H,10-11H2,1-3H3/b12-9-. The number of carbonyl (C=O) groups excluding carboxylic acids is 2. The molecule has 1 unspecified atom stereocenters. The van der Waals surface area contributed by atoms with E-state index in [0.717, 1.165) is 11.1 Å². The SMILES string of the molecule is CC(=O)OC/C=C(/C)CC(OC(C)=O)c1ccccc1. The van der Waals surface area contributed by atoms with Gasteiger partial charge in [0, 0.05) is 20.3 Å². The van der Waals surface area contributed by atoms with Gasteiger partial charge < -0.3 is 9.47 Å². The molecule has 0 saturated carbocycles. The van der Waals surface area contributed by atoms with Crippen LogP contribution in [0.15, 0.2) is 42.0 Å². The van der Waals surface area contributed by atoms with Crippen molar-refractivity contribution in [1.82, 2.24) is 0 Å². The molecular weight excluding hydrogens is 256 g/mol. The van der Waals surface area contributed by atoms with Crippen LogP contribution >= 0.6 is 0 Å². The average Bonchev–Trinajstić information content (AvgIpc) is 2.38. The molecule has 0 saturated heterocycles. The van der Waals surface area contributed by atoms with Gasteiger partial charge in [0.05, 0.1) is 0 Å². The fourth-order valence-corrected chi connectivity index (χ4v) is 1.77. The number of ether oxygens (including phenoxy) is 2. The van der Waals surface area contributed by atoms with E-state index in [0.29, 0.717) is 6.42 Å². The zero-order valence-electron chi connectivity index (χ0n) is 12.1. The second-order valence-electron chi connectivity index (χ2n) is 4.57. The lowest BCUT2D eigenvalue weighted by atomic mass is 10.0. The quantitative estimate of drug-likeness (QED) is 0.591. The van der Waals surface area contributed by atoms with Crippen LogP contribution in [0, 0.1) is 0 Å². The molecular formula is C16H20O4. The predicted molar refractivity (Wildman–Crippen MR) is 76.0 cm³/mol. The summed E-state index contributed by atoms with van der Waals surface area (Å²) in [6.45, 7) is 4.92. The molecule has 4 nitrogen and oxygen atoms in total. The Hall–Kier alpha value is -2.10. The van der Waals surface area contributed by atoms with E-state index in [-0.39, 0.29) is 24.6 Å². The third kappa shape index (κ3) is 6.18. The van der Waals surface area contributed by atoms with Gasteiger partial charge in [-0.1, -0.05) is 35.9 Å². The van der Waals surface area contributed by atoms with Gasteiger partial charge in [-0.3, -0.25) is 9.59 Å². The topological polar surface area (TPSA) is 52.6 Å². The Balaban J connectivity index is 2.70. The second-order valence-corrected chi connectivity index (χ2v) is 4.57. The maximum Gasteiger partial charge on any atom is 0.303 e. The molecule has 1 rings (SSSR count). The van der Waals surface area contributed by atoms with Crippen molar-refractivity contribution >= 4 is 11.9 Å².